The monoisotopic (exact) mass is 465 g/mol. The minimum atomic E-state index is -0.339. The quantitative estimate of drug-likeness (QED) is 0.567. The average molecular weight is 466 g/mol. The Labute approximate surface area is 183 Å². The lowest BCUT2D eigenvalue weighted by Gasteiger charge is -2.15. The number of likely N-dealkylation sites (tertiary alicyclic amines) is 1. The number of anilines is 1. The number of halogens is 1. The van der Waals surface area contributed by atoms with Crippen molar-refractivity contribution in [1.29, 1.82) is 0 Å². The van der Waals surface area contributed by atoms with Crippen LogP contribution in [-0.2, 0) is 0 Å². The molecule has 0 unspecified atom stereocenters. The highest BCUT2D eigenvalue weighted by molar-refractivity contribution is 9.10. The summed E-state index contributed by atoms with van der Waals surface area (Å²) in [5.74, 6) is 0.491. The Hall–Kier alpha value is -3.19. The molecular weight excluding hydrogens is 446 g/mol. The third-order valence-corrected chi connectivity index (χ3v) is 5.36. The smallest absolute Gasteiger partial charge is 0.261 e. The number of carbonyl (C=O) groups is 2. The second kappa shape index (κ2) is 9.09. The second-order valence-electron chi connectivity index (χ2n) is 6.94. The van der Waals surface area contributed by atoms with Crippen LogP contribution in [0.5, 0.6) is 11.6 Å². The van der Waals surface area contributed by atoms with E-state index >= 15 is 0 Å². The van der Waals surface area contributed by atoms with Gasteiger partial charge in [-0.05, 0) is 73.5 Å². The Bertz CT molecular complexity index is 1050. The first kappa shape index (κ1) is 20.1. The molecule has 1 fully saturated rings. The average Bonchev–Trinajstić information content (AvgIpc) is 3.31. The highest BCUT2D eigenvalue weighted by Crippen LogP contribution is 2.25. The molecule has 30 heavy (non-hydrogen) atoms. The van der Waals surface area contributed by atoms with Crippen LogP contribution < -0.4 is 10.1 Å². The van der Waals surface area contributed by atoms with E-state index in [0.717, 1.165) is 30.4 Å². The fourth-order valence-electron chi connectivity index (χ4n) is 3.26. The van der Waals surface area contributed by atoms with Gasteiger partial charge in [-0.3, -0.25) is 9.59 Å². The molecule has 0 bridgehead atoms. The van der Waals surface area contributed by atoms with E-state index in [1.807, 2.05) is 17.0 Å². The number of ether oxygens (including phenoxy) is 1. The fraction of sp³-hybridized carbons (Fsp3) is 0.174. The van der Waals surface area contributed by atoms with Crippen molar-refractivity contribution in [2.24, 2.45) is 0 Å². The summed E-state index contributed by atoms with van der Waals surface area (Å²) in [4.78, 5) is 31.3. The number of hydrogen-bond donors (Lipinski definition) is 1. The van der Waals surface area contributed by atoms with Crippen molar-refractivity contribution in [1.82, 2.24) is 9.88 Å². The van der Waals surface area contributed by atoms with Crippen LogP contribution in [0.15, 0.2) is 71.3 Å². The molecule has 1 aliphatic heterocycles. The Kier molecular flexibility index (Phi) is 6.09. The molecular formula is C23H20BrN3O3. The van der Waals surface area contributed by atoms with Gasteiger partial charge in [-0.1, -0.05) is 15.9 Å². The highest BCUT2D eigenvalue weighted by Gasteiger charge is 2.19. The van der Waals surface area contributed by atoms with E-state index in [1.165, 1.54) is 0 Å². The zero-order valence-electron chi connectivity index (χ0n) is 16.2. The van der Waals surface area contributed by atoms with E-state index in [9.17, 15) is 9.59 Å². The maximum Gasteiger partial charge on any atom is 0.261 e. The molecule has 7 heteroatoms. The number of amides is 2. The minimum Gasteiger partial charge on any atom is -0.438 e. The van der Waals surface area contributed by atoms with Gasteiger partial charge in [0.2, 0.25) is 5.88 Å². The number of rotatable bonds is 5. The Balaban J connectivity index is 1.46. The van der Waals surface area contributed by atoms with E-state index in [-0.39, 0.29) is 17.7 Å². The first-order valence-electron chi connectivity index (χ1n) is 9.69. The molecule has 0 atom stereocenters. The van der Waals surface area contributed by atoms with Gasteiger partial charge in [0.15, 0.2) is 0 Å². The van der Waals surface area contributed by atoms with Crippen LogP contribution in [0.25, 0.3) is 0 Å². The molecule has 152 valence electrons. The lowest BCUT2D eigenvalue weighted by Crippen LogP contribution is -2.27. The molecule has 0 aliphatic carbocycles. The molecule has 1 N–H and O–H groups in total. The van der Waals surface area contributed by atoms with Crippen LogP contribution in [0.2, 0.25) is 0 Å². The number of pyridine rings is 1. The molecule has 6 nitrogen and oxygen atoms in total. The van der Waals surface area contributed by atoms with Crippen LogP contribution in [0.4, 0.5) is 5.69 Å². The number of hydrogen-bond acceptors (Lipinski definition) is 4. The highest BCUT2D eigenvalue weighted by atomic mass is 79.9. The predicted molar refractivity (Wildman–Crippen MR) is 118 cm³/mol. The predicted octanol–water partition coefficient (Wildman–Crippen LogP) is 5.12. The summed E-state index contributed by atoms with van der Waals surface area (Å²) in [6, 6.07) is 17.5. The van der Waals surface area contributed by atoms with E-state index in [2.05, 4.69) is 26.2 Å². The number of nitrogens with zero attached hydrogens (tertiary/aromatic N) is 2. The van der Waals surface area contributed by atoms with Crippen molar-refractivity contribution in [3.63, 3.8) is 0 Å². The molecule has 0 spiro atoms. The van der Waals surface area contributed by atoms with Gasteiger partial charge in [-0.2, -0.15) is 0 Å². The van der Waals surface area contributed by atoms with Crippen molar-refractivity contribution < 1.29 is 14.3 Å². The first-order chi connectivity index (χ1) is 14.6. The van der Waals surface area contributed by atoms with E-state index in [1.54, 1.807) is 54.7 Å². The van der Waals surface area contributed by atoms with Gasteiger partial charge < -0.3 is 15.0 Å². The van der Waals surface area contributed by atoms with Gasteiger partial charge in [-0.15, -0.1) is 0 Å². The molecule has 1 saturated heterocycles. The third kappa shape index (κ3) is 4.68. The summed E-state index contributed by atoms with van der Waals surface area (Å²) in [6.07, 6.45) is 3.68. The van der Waals surface area contributed by atoms with Crippen molar-refractivity contribution in [2.75, 3.05) is 18.4 Å². The number of benzene rings is 2. The summed E-state index contributed by atoms with van der Waals surface area (Å²) in [6.45, 7) is 1.61. The van der Waals surface area contributed by atoms with E-state index in [4.69, 9.17) is 4.74 Å². The summed E-state index contributed by atoms with van der Waals surface area (Å²) in [5.41, 5.74) is 1.53. The minimum absolute atomic E-state index is 0.0304. The zero-order valence-corrected chi connectivity index (χ0v) is 17.8. The summed E-state index contributed by atoms with van der Waals surface area (Å²) < 4.78 is 6.72. The topological polar surface area (TPSA) is 71.5 Å². The molecule has 4 rings (SSSR count). The lowest BCUT2D eigenvalue weighted by molar-refractivity contribution is 0.0792. The van der Waals surface area contributed by atoms with Gasteiger partial charge in [-0.25, -0.2) is 4.98 Å². The number of carbonyl (C=O) groups excluding carboxylic acids is 2. The van der Waals surface area contributed by atoms with Gasteiger partial charge in [0.05, 0.1) is 0 Å². The van der Waals surface area contributed by atoms with E-state index < -0.39 is 0 Å². The SMILES string of the molecule is O=C(Nc1ccc(C(=O)N2CCCC2)cc1)c1cccnc1Oc1ccc(Br)cc1. The van der Waals surface area contributed by atoms with Gasteiger partial charge >= 0.3 is 0 Å². The van der Waals surface area contributed by atoms with Gasteiger partial charge in [0.25, 0.3) is 11.8 Å². The molecule has 1 aromatic heterocycles. The molecule has 2 amide bonds. The van der Waals surface area contributed by atoms with Crippen LogP contribution >= 0.6 is 15.9 Å². The molecule has 0 radical (unpaired) electrons. The molecule has 0 saturated carbocycles. The zero-order chi connectivity index (χ0) is 20.9. The van der Waals surface area contributed by atoms with Crippen molar-refractivity contribution in [2.45, 2.75) is 12.8 Å². The molecule has 2 heterocycles. The summed E-state index contributed by atoms with van der Waals surface area (Å²) >= 11 is 3.38. The fourth-order valence-corrected chi connectivity index (χ4v) is 3.52. The van der Waals surface area contributed by atoms with Crippen LogP contribution in [0.3, 0.4) is 0 Å². The maximum atomic E-state index is 12.8. The summed E-state index contributed by atoms with van der Waals surface area (Å²) in [5, 5.41) is 2.84. The standard InChI is InChI=1S/C23H20BrN3O3/c24-17-7-11-19(12-8-17)30-22-20(4-3-13-25-22)21(28)26-18-9-5-16(6-10-18)23(29)27-14-1-2-15-27/h3-13H,1-2,14-15H2,(H,26,28). The first-order valence-corrected chi connectivity index (χ1v) is 10.5. The number of nitrogens with one attached hydrogen (secondary N) is 1. The Morgan fingerprint density at radius 3 is 2.37 bits per heavy atom. The largest absolute Gasteiger partial charge is 0.438 e. The molecule has 2 aromatic carbocycles. The number of aromatic nitrogens is 1. The Morgan fingerprint density at radius 2 is 1.67 bits per heavy atom. The normalized spacial score (nSPS) is 13.2. The van der Waals surface area contributed by atoms with Crippen LogP contribution in [0.1, 0.15) is 33.6 Å². The second-order valence-corrected chi connectivity index (χ2v) is 7.86. The van der Waals surface area contributed by atoms with E-state index in [0.29, 0.717) is 22.6 Å². The Morgan fingerprint density at radius 1 is 0.967 bits per heavy atom. The third-order valence-electron chi connectivity index (χ3n) is 4.83. The molecule has 1 aliphatic rings. The molecule has 3 aromatic rings. The maximum absolute atomic E-state index is 12.8. The van der Waals surface area contributed by atoms with Crippen molar-refractivity contribution in [3.05, 3.63) is 82.5 Å². The summed E-state index contributed by atoms with van der Waals surface area (Å²) in [7, 11) is 0. The lowest BCUT2D eigenvalue weighted by atomic mass is 10.1. The van der Waals surface area contributed by atoms with Crippen molar-refractivity contribution >= 4 is 33.4 Å². The van der Waals surface area contributed by atoms with Gasteiger partial charge in [0.1, 0.15) is 11.3 Å². The van der Waals surface area contributed by atoms with Crippen LogP contribution in [0, 0.1) is 0 Å². The van der Waals surface area contributed by atoms with Gasteiger partial charge in [0, 0.05) is 35.0 Å². The van der Waals surface area contributed by atoms with Crippen molar-refractivity contribution in [3.8, 4) is 11.6 Å². The van der Waals surface area contributed by atoms with Crippen LogP contribution in [-0.4, -0.2) is 34.8 Å².